The van der Waals surface area contributed by atoms with Crippen molar-refractivity contribution < 1.29 is 9.72 Å². The summed E-state index contributed by atoms with van der Waals surface area (Å²) in [6, 6.07) is -0.642. The molecule has 0 spiro atoms. The molecule has 4 nitrogen and oxygen atoms in total. The van der Waals surface area contributed by atoms with Gasteiger partial charge in [-0.2, -0.15) is 0 Å². The standard InChI is InChI=1S/C12H11NO3/c14-9-5-8-4-7-2-1-3-10(7)12(13(15)16)11(8)6-9/h1-4,10-12H,5-6H2. The summed E-state index contributed by atoms with van der Waals surface area (Å²) >= 11 is 0. The molecule has 0 aliphatic heterocycles. The lowest BCUT2D eigenvalue weighted by atomic mass is 9.77. The number of hydrogen-bond acceptors (Lipinski definition) is 3. The summed E-state index contributed by atoms with van der Waals surface area (Å²) < 4.78 is 0. The van der Waals surface area contributed by atoms with Crippen LogP contribution in [0.3, 0.4) is 0 Å². The minimum absolute atomic E-state index is 0.130. The first kappa shape index (κ1) is 9.51. The van der Waals surface area contributed by atoms with Gasteiger partial charge in [0.05, 0.1) is 11.8 Å². The minimum Gasteiger partial charge on any atom is -0.299 e. The number of rotatable bonds is 1. The van der Waals surface area contributed by atoms with Gasteiger partial charge in [0.15, 0.2) is 0 Å². The molecule has 16 heavy (non-hydrogen) atoms. The number of allylic oxidation sites excluding steroid dienone is 3. The molecule has 3 unspecified atom stereocenters. The van der Waals surface area contributed by atoms with Crippen molar-refractivity contribution in [3.05, 3.63) is 45.6 Å². The van der Waals surface area contributed by atoms with E-state index in [1.165, 1.54) is 0 Å². The van der Waals surface area contributed by atoms with Gasteiger partial charge in [-0.25, -0.2) is 0 Å². The second-order valence-corrected chi connectivity index (χ2v) is 4.60. The van der Waals surface area contributed by atoms with E-state index in [0.29, 0.717) is 12.8 Å². The Balaban J connectivity index is 2.07. The Bertz CT molecular complexity index is 473. The van der Waals surface area contributed by atoms with Crippen LogP contribution in [0.15, 0.2) is 35.5 Å². The van der Waals surface area contributed by atoms with Gasteiger partial charge in [-0.3, -0.25) is 14.9 Å². The van der Waals surface area contributed by atoms with E-state index in [1.54, 1.807) is 0 Å². The Morgan fingerprint density at radius 3 is 3.00 bits per heavy atom. The van der Waals surface area contributed by atoms with Crippen LogP contribution in [0.5, 0.6) is 0 Å². The Morgan fingerprint density at radius 2 is 2.25 bits per heavy atom. The van der Waals surface area contributed by atoms with E-state index in [-0.39, 0.29) is 22.5 Å². The largest absolute Gasteiger partial charge is 0.299 e. The molecule has 1 fully saturated rings. The van der Waals surface area contributed by atoms with Crippen molar-refractivity contribution in [3.63, 3.8) is 0 Å². The van der Waals surface area contributed by atoms with E-state index in [0.717, 1.165) is 11.1 Å². The average Bonchev–Trinajstić information content (AvgIpc) is 2.77. The molecule has 3 rings (SSSR count). The molecule has 0 N–H and O–H groups in total. The van der Waals surface area contributed by atoms with Crippen LogP contribution in [0.25, 0.3) is 0 Å². The average molecular weight is 217 g/mol. The smallest absolute Gasteiger partial charge is 0.230 e. The van der Waals surface area contributed by atoms with Crippen LogP contribution in [0.2, 0.25) is 0 Å². The van der Waals surface area contributed by atoms with E-state index in [1.807, 2.05) is 24.3 Å². The Kier molecular flexibility index (Phi) is 1.87. The third-order valence-electron chi connectivity index (χ3n) is 3.69. The Morgan fingerprint density at radius 1 is 1.44 bits per heavy atom. The number of fused-ring (bicyclic) bond motifs is 2. The van der Waals surface area contributed by atoms with Crippen molar-refractivity contribution >= 4 is 5.78 Å². The molecule has 3 aliphatic carbocycles. The summed E-state index contributed by atoms with van der Waals surface area (Å²) in [6.45, 7) is 0. The molecule has 4 heteroatoms. The van der Waals surface area contributed by atoms with Crippen molar-refractivity contribution in [2.75, 3.05) is 0 Å². The summed E-state index contributed by atoms with van der Waals surface area (Å²) in [5.41, 5.74) is 1.94. The van der Waals surface area contributed by atoms with Crippen LogP contribution >= 0.6 is 0 Å². The number of carbonyl (C=O) groups is 1. The van der Waals surface area contributed by atoms with Gasteiger partial charge in [-0.15, -0.1) is 0 Å². The van der Waals surface area contributed by atoms with Crippen LogP contribution in [-0.2, 0) is 4.79 Å². The fourth-order valence-corrected chi connectivity index (χ4v) is 3.01. The second-order valence-electron chi connectivity index (χ2n) is 4.60. The van der Waals surface area contributed by atoms with Gasteiger partial charge in [0.25, 0.3) is 0 Å². The fourth-order valence-electron chi connectivity index (χ4n) is 3.01. The molecule has 0 heterocycles. The van der Waals surface area contributed by atoms with Crippen LogP contribution in [0.4, 0.5) is 0 Å². The van der Waals surface area contributed by atoms with Crippen molar-refractivity contribution in [1.29, 1.82) is 0 Å². The zero-order valence-corrected chi connectivity index (χ0v) is 8.63. The molecule has 0 aromatic heterocycles. The monoisotopic (exact) mass is 217 g/mol. The van der Waals surface area contributed by atoms with Gasteiger partial charge in [0.1, 0.15) is 5.78 Å². The lowest BCUT2D eigenvalue weighted by molar-refractivity contribution is -0.535. The molecule has 0 amide bonds. The Hall–Kier alpha value is -1.71. The fraction of sp³-hybridized carbons (Fsp3) is 0.417. The summed E-state index contributed by atoms with van der Waals surface area (Å²) in [7, 11) is 0. The van der Waals surface area contributed by atoms with E-state index in [4.69, 9.17) is 0 Å². The SMILES string of the molecule is O=C1CC2=CC3=CC=CC3C([N+](=O)[O-])C2C1. The van der Waals surface area contributed by atoms with Gasteiger partial charge in [-0.05, 0) is 5.57 Å². The summed E-state index contributed by atoms with van der Waals surface area (Å²) in [5.74, 6) is -0.172. The molecule has 82 valence electrons. The highest BCUT2D eigenvalue weighted by atomic mass is 16.6. The highest BCUT2D eigenvalue weighted by Crippen LogP contribution is 2.44. The maximum absolute atomic E-state index is 11.4. The lowest BCUT2D eigenvalue weighted by Gasteiger charge is -2.27. The molecular weight excluding hydrogens is 206 g/mol. The van der Waals surface area contributed by atoms with Crippen LogP contribution in [0, 0.1) is 22.0 Å². The number of hydrogen-bond donors (Lipinski definition) is 0. The zero-order valence-electron chi connectivity index (χ0n) is 8.63. The van der Waals surface area contributed by atoms with Crippen molar-refractivity contribution in [2.24, 2.45) is 11.8 Å². The molecule has 1 saturated carbocycles. The first-order chi connectivity index (χ1) is 7.66. The summed E-state index contributed by atoms with van der Waals surface area (Å²) in [5, 5.41) is 11.2. The highest BCUT2D eigenvalue weighted by molar-refractivity contribution is 5.85. The van der Waals surface area contributed by atoms with Gasteiger partial charge < -0.3 is 0 Å². The van der Waals surface area contributed by atoms with E-state index >= 15 is 0 Å². The molecular formula is C12H11NO3. The van der Waals surface area contributed by atoms with Crippen molar-refractivity contribution in [2.45, 2.75) is 18.9 Å². The van der Waals surface area contributed by atoms with Crippen molar-refractivity contribution in [3.8, 4) is 0 Å². The molecule has 3 aliphatic rings. The molecule has 0 bridgehead atoms. The normalized spacial score (nSPS) is 35.5. The molecule has 0 saturated heterocycles. The molecule has 0 aromatic carbocycles. The highest BCUT2D eigenvalue weighted by Gasteiger charge is 2.48. The van der Waals surface area contributed by atoms with Gasteiger partial charge in [-0.1, -0.05) is 29.9 Å². The third-order valence-corrected chi connectivity index (χ3v) is 3.69. The van der Waals surface area contributed by atoms with E-state index in [2.05, 4.69) is 0 Å². The zero-order chi connectivity index (χ0) is 11.3. The lowest BCUT2D eigenvalue weighted by Crippen LogP contribution is -2.38. The predicted octanol–water partition coefficient (Wildman–Crippen LogP) is 1.66. The molecule has 0 aromatic rings. The number of carbonyl (C=O) groups excluding carboxylic acids is 1. The second kappa shape index (κ2) is 3.14. The molecule has 0 radical (unpaired) electrons. The number of Topliss-reactive ketones (excluding diaryl/α,β-unsaturated/α-hetero) is 1. The van der Waals surface area contributed by atoms with E-state index < -0.39 is 6.04 Å². The maximum atomic E-state index is 11.4. The quantitative estimate of drug-likeness (QED) is 0.495. The van der Waals surface area contributed by atoms with Crippen molar-refractivity contribution in [1.82, 2.24) is 0 Å². The topological polar surface area (TPSA) is 60.2 Å². The number of nitro groups is 1. The van der Waals surface area contributed by atoms with Crippen LogP contribution in [-0.4, -0.2) is 16.7 Å². The van der Waals surface area contributed by atoms with E-state index in [9.17, 15) is 14.9 Å². The van der Waals surface area contributed by atoms with Gasteiger partial charge in [0, 0.05) is 17.8 Å². The first-order valence-corrected chi connectivity index (χ1v) is 5.41. The van der Waals surface area contributed by atoms with Gasteiger partial charge >= 0.3 is 0 Å². The maximum Gasteiger partial charge on any atom is 0.230 e. The summed E-state index contributed by atoms with van der Waals surface area (Å²) in [4.78, 5) is 22.3. The first-order valence-electron chi connectivity index (χ1n) is 5.41. The third kappa shape index (κ3) is 1.19. The van der Waals surface area contributed by atoms with Crippen LogP contribution < -0.4 is 0 Å². The van der Waals surface area contributed by atoms with Gasteiger partial charge in [0.2, 0.25) is 6.04 Å². The molecule has 3 atom stereocenters. The Labute approximate surface area is 92.5 Å². The predicted molar refractivity (Wildman–Crippen MR) is 57.3 cm³/mol. The van der Waals surface area contributed by atoms with Crippen LogP contribution in [0.1, 0.15) is 12.8 Å². The minimum atomic E-state index is -0.642. The number of ketones is 1. The summed E-state index contributed by atoms with van der Waals surface area (Å²) in [6.07, 6.45) is 8.39. The number of nitrogens with zero attached hydrogens (tertiary/aromatic N) is 1.